The highest BCUT2D eigenvalue weighted by atomic mass is 32.1. The average molecular weight is 375 g/mol. The van der Waals surface area contributed by atoms with Crippen molar-refractivity contribution in [3.63, 3.8) is 0 Å². The lowest BCUT2D eigenvalue weighted by atomic mass is 9.72. The second-order valence-electron chi connectivity index (χ2n) is 7.67. The second-order valence-corrected chi connectivity index (χ2v) is 8.77. The highest BCUT2D eigenvalue weighted by Crippen LogP contribution is 2.44. The van der Waals surface area contributed by atoms with E-state index in [4.69, 9.17) is 9.15 Å². The number of rotatable bonds is 4. The number of hydrogen-bond acceptors (Lipinski definition) is 5. The quantitative estimate of drug-likeness (QED) is 0.770. The molecule has 0 aliphatic heterocycles. The largest absolute Gasteiger partial charge is 0.462 e. The Hall–Kier alpha value is -2.08. The molecule has 0 bridgehead atoms. The molecule has 26 heavy (non-hydrogen) atoms. The fraction of sp³-hybridized carbons (Fsp3) is 0.500. The van der Waals surface area contributed by atoms with Crippen LogP contribution < -0.4 is 5.32 Å². The number of hydrogen-bond donors (Lipinski definition) is 1. The van der Waals surface area contributed by atoms with Crippen LogP contribution in [0.1, 0.15) is 65.5 Å². The lowest BCUT2D eigenvalue weighted by molar-refractivity contribution is 0.0526. The fourth-order valence-electron chi connectivity index (χ4n) is 3.40. The molecule has 0 aromatic carbocycles. The van der Waals surface area contributed by atoms with Gasteiger partial charge in [-0.25, -0.2) is 4.79 Å². The van der Waals surface area contributed by atoms with Crippen molar-refractivity contribution >= 4 is 28.2 Å². The summed E-state index contributed by atoms with van der Waals surface area (Å²) in [7, 11) is 0. The van der Waals surface area contributed by atoms with Crippen LogP contribution in [0, 0.1) is 11.3 Å². The van der Waals surface area contributed by atoms with Gasteiger partial charge in [0.15, 0.2) is 5.76 Å². The van der Waals surface area contributed by atoms with Crippen LogP contribution in [-0.4, -0.2) is 18.5 Å². The van der Waals surface area contributed by atoms with E-state index in [0.29, 0.717) is 23.1 Å². The normalized spacial score (nSPS) is 16.8. The van der Waals surface area contributed by atoms with Gasteiger partial charge in [-0.1, -0.05) is 20.8 Å². The molecule has 2 aromatic rings. The van der Waals surface area contributed by atoms with Gasteiger partial charge < -0.3 is 14.5 Å². The Morgan fingerprint density at radius 2 is 2.15 bits per heavy atom. The molecule has 0 saturated carbocycles. The number of thiophene rings is 1. The molecule has 1 aliphatic carbocycles. The van der Waals surface area contributed by atoms with Crippen molar-refractivity contribution in [3.8, 4) is 0 Å². The number of ether oxygens (including phenoxy) is 1. The van der Waals surface area contributed by atoms with E-state index in [1.165, 1.54) is 22.5 Å². The molecule has 5 nitrogen and oxygen atoms in total. The zero-order valence-corrected chi connectivity index (χ0v) is 16.5. The van der Waals surface area contributed by atoms with Crippen LogP contribution in [0.3, 0.4) is 0 Å². The number of fused-ring (bicyclic) bond motifs is 1. The number of carbonyl (C=O) groups is 2. The number of carbonyl (C=O) groups excluding carboxylic acids is 2. The Morgan fingerprint density at radius 3 is 2.77 bits per heavy atom. The summed E-state index contributed by atoms with van der Waals surface area (Å²) in [5.74, 6) is 0.0524. The summed E-state index contributed by atoms with van der Waals surface area (Å²) in [6.45, 7) is 8.85. The summed E-state index contributed by atoms with van der Waals surface area (Å²) in [5, 5.41) is 3.41. The third kappa shape index (κ3) is 3.70. The van der Waals surface area contributed by atoms with Crippen molar-refractivity contribution in [2.75, 3.05) is 11.9 Å². The maximum atomic E-state index is 12.6. The van der Waals surface area contributed by atoms with E-state index in [1.54, 1.807) is 19.1 Å². The molecule has 2 heterocycles. The van der Waals surface area contributed by atoms with Crippen molar-refractivity contribution in [2.45, 2.75) is 47.0 Å². The van der Waals surface area contributed by atoms with Crippen molar-refractivity contribution in [1.29, 1.82) is 0 Å². The standard InChI is InChI=1S/C20H25NO4S/c1-5-24-19(23)16-13-9-8-12(20(2,3)4)11-15(13)26-18(16)21-17(22)14-7-6-10-25-14/h6-7,10,12H,5,8-9,11H2,1-4H3,(H,21,22)/t12-/m0/s1. The van der Waals surface area contributed by atoms with Gasteiger partial charge in [-0.3, -0.25) is 4.79 Å². The molecule has 0 unspecified atom stereocenters. The van der Waals surface area contributed by atoms with E-state index in [1.807, 2.05) is 0 Å². The van der Waals surface area contributed by atoms with E-state index >= 15 is 0 Å². The third-order valence-electron chi connectivity index (χ3n) is 4.94. The molecule has 0 saturated heterocycles. The molecule has 6 heteroatoms. The van der Waals surface area contributed by atoms with Crippen LogP contribution in [0.15, 0.2) is 22.8 Å². The van der Waals surface area contributed by atoms with Gasteiger partial charge in [-0.15, -0.1) is 11.3 Å². The molecule has 1 atom stereocenters. The number of amides is 1. The summed E-state index contributed by atoms with van der Waals surface area (Å²) in [6.07, 6.45) is 4.24. The Morgan fingerprint density at radius 1 is 1.38 bits per heavy atom. The molecule has 0 spiro atoms. The Kier molecular flexibility index (Phi) is 5.23. The molecule has 0 fully saturated rings. The first-order valence-electron chi connectivity index (χ1n) is 8.97. The zero-order valence-electron chi connectivity index (χ0n) is 15.7. The predicted octanol–water partition coefficient (Wildman–Crippen LogP) is 4.92. The van der Waals surface area contributed by atoms with Crippen LogP contribution in [0.2, 0.25) is 0 Å². The number of esters is 1. The Labute approximate surface area is 157 Å². The van der Waals surface area contributed by atoms with Gasteiger partial charge in [0.2, 0.25) is 0 Å². The first kappa shape index (κ1) is 18.7. The maximum Gasteiger partial charge on any atom is 0.341 e. The van der Waals surface area contributed by atoms with Gasteiger partial charge >= 0.3 is 5.97 Å². The molecule has 2 aromatic heterocycles. The van der Waals surface area contributed by atoms with Crippen LogP contribution >= 0.6 is 11.3 Å². The zero-order chi connectivity index (χ0) is 18.9. The van der Waals surface area contributed by atoms with Crippen LogP contribution in [0.4, 0.5) is 5.00 Å². The van der Waals surface area contributed by atoms with E-state index in [2.05, 4.69) is 26.1 Å². The number of anilines is 1. The minimum Gasteiger partial charge on any atom is -0.462 e. The minimum atomic E-state index is -0.367. The monoisotopic (exact) mass is 375 g/mol. The van der Waals surface area contributed by atoms with Gasteiger partial charge in [0, 0.05) is 4.88 Å². The van der Waals surface area contributed by atoms with E-state index < -0.39 is 0 Å². The van der Waals surface area contributed by atoms with Crippen molar-refractivity contribution in [1.82, 2.24) is 0 Å². The van der Waals surface area contributed by atoms with Crippen molar-refractivity contribution < 1.29 is 18.7 Å². The smallest absolute Gasteiger partial charge is 0.341 e. The average Bonchev–Trinajstić information content (AvgIpc) is 3.21. The molecule has 1 amide bonds. The summed E-state index contributed by atoms with van der Waals surface area (Å²) in [4.78, 5) is 26.1. The molecule has 3 rings (SSSR count). The lowest BCUT2D eigenvalue weighted by Crippen LogP contribution is -2.26. The molecule has 140 valence electrons. The minimum absolute atomic E-state index is 0.212. The van der Waals surface area contributed by atoms with Gasteiger partial charge in [-0.2, -0.15) is 0 Å². The lowest BCUT2D eigenvalue weighted by Gasteiger charge is -2.33. The van der Waals surface area contributed by atoms with Crippen molar-refractivity contribution in [2.24, 2.45) is 11.3 Å². The summed E-state index contributed by atoms with van der Waals surface area (Å²) in [6, 6.07) is 3.26. The van der Waals surface area contributed by atoms with Gasteiger partial charge in [0.05, 0.1) is 18.4 Å². The van der Waals surface area contributed by atoms with E-state index in [-0.39, 0.29) is 23.1 Å². The predicted molar refractivity (Wildman–Crippen MR) is 102 cm³/mol. The molecule has 0 radical (unpaired) electrons. The Bertz CT molecular complexity index is 799. The topological polar surface area (TPSA) is 68.5 Å². The highest BCUT2D eigenvalue weighted by Gasteiger charge is 2.34. The van der Waals surface area contributed by atoms with Crippen molar-refractivity contribution in [3.05, 3.63) is 40.2 Å². The second kappa shape index (κ2) is 7.27. The third-order valence-corrected chi connectivity index (χ3v) is 6.11. The fourth-order valence-corrected chi connectivity index (χ4v) is 4.72. The van der Waals surface area contributed by atoms with Gasteiger partial charge in [0.25, 0.3) is 5.91 Å². The number of furan rings is 1. The molecule has 1 aliphatic rings. The van der Waals surface area contributed by atoms with Crippen LogP contribution in [-0.2, 0) is 17.6 Å². The first-order chi connectivity index (χ1) is 12.3. The SMILES string of the molecule is CCOC(=O)c1c(NC(=O)c2ccco2)sc2c1CC[C@H](C(C)(C)C)C2. The number of nitrogens with one attached hydrogen (secondary N) is 1. The molecule has 1 N–H and O–H groups in total. The van der Waals surface area contributed by atoms with Gasteiger partial charge in [0.1, 0.15) is 5.00 Å². The maximum absolute atomic E-state index is 12.6. The van der Waals surface area contributed by atoms with Gasteiger partial charge in [-0.05, 0) is 55.2 Å². The van der Waals surface area contributed by atoms with Crippen LogP contribution in [0.5, 0.6) is 0 Å². The summed E-state index contributed by atoms with van der Waals surface area (Å²) >= 11 is 1.49. The summed E-state index contributed by atoms with van der Waals surface area (Å²) < 4.78 is 10.4. The van der Waals surface area contributed by atoms with E-state index in [9.17, 15) is 9.59 Å². The molecular formula is C20H25NO4S. The van der Waals surface area contributed by atoms with Crippen LogP contribution in [0.25, 0.3) is 0 Å². The first-order valence-corrected chi connectivity index (χ1v) is 9.79. The Balaban J connectivity index is 1.94. The van der Waals surface area contributed by atoms with E-state index in [0.717, 1.165) is 24.8 Å². The highest BCUT2D eigenvalue weighted by molar-refractivity contribution is 7.17. The summed E-state index contributed by atoms with van der Waals surface area (Å²) in [5.41, 5.74) is 1.76. The molecular weight excluding hydrogens is 350 g/mol.